The summed E-state index contributed by atoms with van der Waals surface area (Å²) in [7, 11) is 0. The minimum Gasteiger partial charge on any atom is -0.388 e. The maximum atomic E-state index is 7.06. The van der Waals surface area contributed by atoms with E-state index in [0.29, 0.717) is 11.3 Å². The highest BCUT2D eigenvalue weighted by atomic mass is 14.7. The van der Waals surface area contributed by atoms with E-state index in [1.165, 1.54) is 19.3 Å². The molecule has 0 spiro atoms. The molecule has 1 fully saturated rings. The van der Waals surface area contributed by atoms with Crippen molar-refractivity contribution in [3.63, 3.8) is 0 Å². The maximum Gasteiger partial charge on any atom is 0.0910 e. The van der Waals surface area contributed by atoms with Crippen LogP contribution in [-0.2, 0) is 0 Å². The van der Waals surface area contributed by atoms with Crippen LogP contribution < -0.4 is 5.73 Å². The van der Waals surface area contributed by atoms with Crippen LogP contribution in [0.3, 0.4) is 0 Å². The van der Waals surface area contributed by atoms with Gasteiger partial charge in [0.1, 0.15) is 0 Å². The fraction of sp³-hybridized carbons (Fsp3) is 0.857. The summed E-state index contributed by atoms with van der Waals surface area (Å²) >= 11 is 0. The lowest BCUT2D eigenvalue weighted by Gasteiger charge is -2.37. The smallest absolute Gasteiger partial charge is 0.0910 e. The molecule has 0 unspecified atom stereocenters. The summed E-state index contributed by atoms with van der Waals surface area (Å²) in [6.07, 6.45) is 4.63. The zero-order chi connectivity index (χ0) is 6.91. The third-order valence-electron chi connectivity index (χ3n) is 2.18. The van der Waals surface area contributed by atoms with Crippen LogP contribution in [0.5, 0.6) is 0 Å². The first-order valence-electron chi connectivity index (χ1n) is 3.45. The van der Waals surface area contributed by atoms with Gasteiger partial charge in [0.25, 0.3) is 0 Å². The first-order chi connectivity index (χ1) is 4.12. The average Bonchev–Trinajstić information content (AvgIpc) is 1.60. The third kappa shape index (κ3) is 1.44. The SMILES string of the molecule is CC1(CC(=N)N)CCC1. The maximum absolute atomic E-state index is 7.06. The fourth-order valence-electron chi connectivity index (χ4n) is 1.42. The van der Waals surface area contributed by atoms with Crippen LogP contribution in [0.15, 0.2) is 0 Å². The molecule has 0 aromatic heterocycles. The van der Waals surface area contributed by atoms with E-state index in [1.807, 2.05) is 0 Å². The van der Waals surface area contributed by atoms with Gasteiger partial charge < -0.3 is 5.73 Å². The van der Waals surface area contributed by atoms with E-state index >= 15 is 0 Å². The van der Waals surface area contributed by atoms with E-state index in [1.54, 1.807) is 0 Å². The Hall–Kier alpha value is -0.530. The topological polar surface area (TPSA) is 49.9 Å². The van der Waals surface area contributed by atoms with Gasteiger partial charge in [-0.3, -0.25) is 5.41 Å². The van der Waals surface area contributed by atoms with Crippen molar-refractivity contribution in [2.45, 2.75) is 32.6 Å². The van der Waals surface area contributed by atoms with Gasteiger partial charge in [-0.15, -0.1) is 0 Å². The van der Waals surface area contributed by atoms with Gasteiger partial charge in [-0.2, -0.15) is 0 Å². The summed E-state index contributed by atoms with van der Waals surface area (Å²) in [6.45, 7) is 2.21. The van der Waals surface area contributed by atoms with Crippen molar-refractivity contribution in [2.75, 3.05) is 0 Å². The molecule has 1 aliphatic rings. The number of hydrogen-bond acceptors (Lipinski definition) is 1. The van der Waals surface area contributed by atoms with E-state index < -0.39 is 0 Å². The van der Waals surface area contributed by atoms with Crippen molar-refractivity contribution in [2.24, 2.45) is 11.1 Å². The molecule has 3 N–H and O–H groups in total. The molecule has 0 aliphatic heterocycles. The van der Waals surface area contributed by atoms with Crippen molar-refractivity contribution >= 4 is 5.84 Å². The molecule has 0 atom stereocenters. The zero-order valence-electron chi connectivity index (χ0n) is 5.91. The number of rotatable bonds is 2. The van der Waals surface area contributed by atoms with Gasteiger partial charge in [-0.1, -0.05) is 13.3 Å². The molecule has 1 aliphatic carbocycles. The van der Waals surface area contributed by atoms with Gasteiger partial charge in [0.15, 0.2) is 0 Å². The second-order valence-electron chi connectivity index (χ2n) is 3.37. The lowest BCUT2D eigenvalue weighted by molar-refractivity contribution is 0.171. The van der Waals surface area contributed by atoms with E-state index in [4.69, 9.17) is 11.1 Å². The first-order valence-corrected chi connectivity index (χ1v) is 3.45. The molecule has 0 radical (unpaired) electrons. The van der Waals surface area contributed by atoms with Crippen molar-refractivity contribution in [1.29, 1.82) is 5.41 Å². The molecule has 0 heterocycles. The van der Waals surface area contributed by atoms with E-state index in [0.717, 1.165) is 6.42 Å². The Morgan fingerprint density at radius 2 is 2.22 bits per heavy atom. The third-order valence-corrected chi connectivity index (χ3v) is 2.18. The highest BCUT2D eigenvalue weighted by Gasteiger charge is 2.31. The number of nitrogens with one attached hydrogen (secondary N) is 1. The van der Waals surface area contributed by atoms with E-state index in [2.05, 4.69) is 6.92 Å². The number of hydrogen-bond donors (Lipinski definition) is 2. The monoisotopic (exact) mass is 126 g/mol. The normalized spacial score (nSPS) is 22.8. The fourth-order valence-corrected chi connectivity index (χ4v) is 1.42. The average molecular weight is 126 g/mol. The Morgan fingerprint density at radius 3 is 2.33 bits per heavy atom. The largest absolute Gasteiger partial charge is 0.388 e. The Morgan fingerprint density at radius 1 is 1.67 bits per heavy atom. The summed E-state index contributed by atoms with van der Waals surface area (Å²) in [4.78, 5) is 0. The van der Waals surface area contributed by atoms with Crippen molar-refractivity contribution < 1.29 is 0 Å². The van der Waals surface area contributed by atoms with Gasteiger partial charge in [-0.05, 0) is 18.3 Å². The van der Waals surface area contributed by atoms with Crippen LogP contribution in [0, 0.1) is 10.8 Å². The van der Waals surface area contributed by atoms with Gasteiger partial charge in [0, 0.05) is 6.42 Å². The second kappa shape index (κ2) is 2.01. The minimum absolute atomic E-state index is 0.345. The number of amidine groups is 1. The molecule has 1 saturated carbocycles. The summed E-state index contributed by atoms with van der Waals surface area (Å²) in [5.41, 5.74) is 5.67. The standard InChI is InChI=1S/C7H14N2/c1-7(3-2-4-7)5-6(8)9/h2-5H2,1H3,(H3,8,9). The van der Waals surface area contributed by atoms with E-state index in [-0.39, 0.29) is 0 Å². The van der Waals surface area contributed by atoms with Gasteiger partial charge in [-0.25, -0.2) is 0 Å². The first kappa shape index (κ1) is 6.59. The molecule has 0 amide bonds. The Kier molecular flexibility index (Phi) is 1.47. The molecule has 0 saturated heterocycles. The van der Waals surface area contributed by atoms with Crippen molar-refractivity contribution in [1.82, 2.24) is 0 Å². The highest BCUT2D eigenvalue weighted by Crippen LogP contribution is 2.42. The minimum atomic E-state index is 0.345. The van der Waals surface area contributed by atoms with Gasteiger partial charge in [0.2, 0.25) is 0 Å². The van der Waals surface area contributed by atoms with Gasteiger partial charge in [0.05, 0.1) is 5.84 Å². The van der Waals surface area contributed by atoms with Crippen LogP contribution in [0.1, 0.15) is 32.6 Å². The lowest BCUT2D eigenvalue weighted by Crippen LogP contribution is -2.30. The molecule has 0 aromatic carbocycles. The molecule has 1 rings (SSSR count). The molecule has 0 aromatic rings. The van der Waals surface area contributed by atoms with Crippen LogP contribution in [0.25, 0.3) is 0 Å². The molecular weight excluding hydrogens is 112 g/mol. The Labute approximate surface area is 55.9 Å². The summed E-state index contributed by atoms with van der Waals surface area (Å²) < 4.78 is 0. The molecular formula is C7H14N2. The molecule has 2 heteroatoms. The van der Waals surface area contributed by atoms with Crippen LogP contribution >= 0.6 is 0 Å². The summed E-state index contributed by atoms with van der Waals surface area (Å²) in [6, 6.07) is 0. The van der Waals surface area contributed by atoms with Crippen molar-refractivity contribution in [3.05, 3.63) is 0 Å². The van der Waals surface area contributed by atoms with Crippen LogP contribution in [-0.4, -0.2) is 5.84 Å². The summed E-state index contributed by atoms with van der Waals surface area (Å²) in [5.74, 6) is 0.345. The van der Waals surface area contributed by atoms with Crippen LogP contribution in [0.4, 0.5) is 0 Å². The highest BCUT2D eigenvalue weighted by molar-refractivity contribution is 5.77. The Balaban J connectivity index is 2.33. The number of nitrogens with two attached hydrogens (primary N) is 1. The molecule has 0 bridgehead atoms. The molecule has 2 nitrogen and oxygen atoms in total. The van der Waals surface area contributed by atoms with E-state index in [9.17, 15) is 0 Å². The quantitative estimate of drug-likeness (QED) is 0.427. The van der Waals surface area contributed by atoms with Gasteiger partial charge >= 0.3 is 0 Å². The Bertz CT molecular complexity index is 125. The molecule has 52 valence electrons. The van der Waals surface area contributed by atoms with Crippen LogP contribution in [0.2, 0.25) is 0 Å². The predicted octanol–water partition coefficient (Wildman–Crippen LogP) is 1.50. The lowest BCUT2D eigenvalue weighted by atomic mass is 9.68. The predicted molar refractivity (Wildman–Crippen MR) is 38.5 cm³/mol. The molecule has 9 heavy (non-hydrogen) atoms. The second-order valence-corrected chi connectivity index (χ2v) is 3.37. The zero-order valence-corrected chi connectivity index (χ0v) is 5.91. The summed E-state index contributed by atoms with van der Waals surface area (Å²) in [5, 5.41) is 7.06. The van der Waals surface area contributed by atoms with Crippen molar-refractivity contribution in [3.8, 4) is 0 Å².